The molecule has 4 nitrogen and oxygen atoms in total. The highest BCUT2D eigenvalue weighted by Crippen LogP contribution is 2.08. The lowest BCUT2D eigenvalue weighted by atomic mass is 10.3. The van der Waals surface area contributed by atoms with E-state index in [0.717, 1.165) is 31.7 Å². The number of amides is 1. The van der Waals surface area contributed by atoms with Gasteiger partial charge in [-0.25, -0.2) is 0 Å². The molecule has 0 aliphatic rings. The van der Waals surface area contributed by atoms with Gasteiger partial charge in [-0.2, -0.15) is 0 Å². The Morgan fingerprint density at radius 3 is 2.58 bits per heavy atom. The Balaban J connectivity index is 0.00000324. The smallest absolute Gasteiger partial charge is 0.220 e. The topological polar surface area (TPSA) is 50.4 Å². The van der Waals surface area contributed by atoms with Gasteiger partial charge < -0.3 is 15.4 Å². The Kier molecular flexibility index (Phi) is 11.0. The van der Waals surface area contributed by atoms with Gasteiger partial charge in [-0.05, 0) is 38.6 Å². The van der Waals surface area contributed by atoms with E-state index in [-0.39, 0.29) is 18.3 Å². The number of carbonyl (C=O) groups excluding carboxylic acids is 1. The van der Waals surface area contributed by atoms with Crippen LogP contribution in [0.15, 0.2) is 30.3 Å². The number of carbonyl (C=O) groups is 1. The van der Waals surface area contributed by atoms with Crippen LogP contribution in [0.3, 0.4) is 0 Å². The van der Waals surface area contributed by atoms with Gasteiger partial charge in [0, 0.05) is 13.0 Å². The van der Waals surface area contributed by atoms with Crippen molar-refractivity contribution >= 4 is 18.3 Å². The molecule has 0 aliphatic carbocycles. The Hall–Kier alpha value is -1.26. The molecular weight excluding hydrogens is 264 g/mol. The second-order valence-corrected chi connectivity index (χ2v) is 4.07. The van der Waals surface area contributed by atoms with Crippen LogP contribution in [0.1, 0.15) is 19.3 Å². The van der Waals surface area contributed by atoms with Gasteiger partial charge in [0.05, 0.1) is 6.61 Å². The van der Waals surface area contributed by atoms with Crippen molar-refractivity contribution in [2.24, 2.45) is 0 Å². The first-order valence-corrected chi connectivity index (χ1v) is 6.42. The number of hydrogen-bond acceptors (Lipinski definition) is 3. The van der Waals surface area contributed by atoms with Crippen molar-refractivity contribution in [1.82, 2.24) is 10.6 Å². The van der Waals surface area contributed by atoms with E-state index in [2.05, 4.69) is 10.6 Å². The van der Waals surface area contributed by atoms with Gasteiger partial charge in [0.25, 0.3) is 0 Å². The lowest BCUT2D eigenvalue weighted by Crippen LogP contribution is -2.26. The van der Waals surface area contributed by atoms with Crippen molar-refractivity contribution in [3.63, 3.8) is 0 Å². The van der Waals surface area contributed by atoms with Crippen LogP contribution in [0.25, 0.3) is 0 Å². The van der Waals surface area contributed by atoms with E-state index in [1.165, 1.54) is 0 Å². The van der Waals surface area contributed by atoms with Crippen LogP contribution in [0, 0.1) is 0 Å². The highest BCUT2D eigenvalue weighted by molar-refractivity contribution is 5.85. The molecule has 0 aliphatic heterocycles. The maximum absolute atomic E-state index is 11.4. The lowest BCUT2D eigenvalue weighted by Gasteiger charge is -2.06. The molecule has 19 heavy (non-hydrogen) atoms. The minimum Gasteiger partial charge on any atom is -0.494 e. The molecule has 0 spiro atoms. The molecular formula is C14H23ClN2O2. The van der Waals surface area contributed by atoms with E-state index in [9.17, 15) is 4.79 Å². The fraction of sp³-hybridized carbons (Fsp3) is 0.500. The third kappa shape index (κ3) is 9.33. The summed E-state index contributed by atoms with van der Waals surface area (Å²) in [6.45, 7) is 2.24. The lowest BCUT2D eigenvalue weighted by molar-refractivity contribution is -0.121. The Morgan fingerprint density at radius 2 is 1.89 bits per heavy atom. The zero-order valence-electron chi connectivity index (χ0n) is 11.4. The standard InChI is InChI=1S/C14H22N2O2.ClH/c1-15-10-6-11-16-14(17)9-5-12-18-13-7-3-2-4-8-13;/h2-4,7-8,15H,5-6,9-12H2,1H3,(H,16,17);1H. The summed E-state index contributed by atoms with van der Waals surface area (Å²) < 4.78 is 5.51. The maximum atomic E-state index is 11.4. The van der Waals surface area contributed by atoms with E-state index >= 15 is 0 Å². The summed E-state index contributed by atoms with van der Waals surface area (Å²) in [6.07, 6.45) is 2.22. The molecule has 0 atom stereocenters. The summed E-state index contributed by atoms with van der Waals surface area (Å²) in [5.41, 5.74) is 0. The average Bonchev–Trinajstić information content (AvgIpc) is 2.41. The quantitative estimate of drug-likeness (QED) is 0.683. The summed E-state index contributed by atoms with van der Waals surface area (Å²) >= 11 is 0. The van der Waals surface area contributed by atoms with E-state index in [4.69, 9.17) is 4.74 Å². The van der Waals surface area contributed by atoms with Crippen LogP contribution >= 0.6 is 12.4 Å². The normalized spacial score (nSPS) is 9.53. The van der Waals surface area contributed by atoms with Crippen LogP contribution in [0.4, 0.5) is 0 Å². The molecule has 0 radical (unpaired) electrons. The largest absolute Gasteiger partial charge is 0.494 e. The van der Waals surface area contributed by atoms with Gasteiger partial charge in [0.2, 0.25) is 5.91 Å². The van der Waals surface area contributed by atoms with E-state index in [1.807, 2.05) is 37.4 Å². The van der Waals surface area contributed by atoms with E-state index < -0.39 is 0 Å². The zero-order valence-corrected chi connectivity index (χ0v) is 12.2. The fourth-order valence-electron chi connectivity index (χ4n) is 1.52. The molecule has 2 N–H and O–H groups in total. The predicted molar refractivity (Wildman–Crippen MR) is 80.0 cm³/mol. The molecule has 0 saturated carbocycles. The second kappa shape index (κ2) is 11.8. The van der Waals surface area contributed by atoms with E-state index in [1.54, 1.807) is 0 Å². The minimum absolute atomic E-state index is 0. The Bertz CT molecular complexity index is 333. The third-order valence-electron chi connectivity index (χ3n) is 2.49. The second-order valence-electron chi connectivity index (χ2n) is 4.07. The molecule has 1 aromatic carbocycles. The average molecular weight is 287 g/mol. The van der Waals surface area contributed by atoms with Crippen LogP contribution < -0.4 is 15.4 Å². The number of nitrogens with one attached hydrogen (secondary N) is 2. The molecule has 5 heteroatoms. The van der Waals surface area contributed by atoms with Gasteiger partial charge in [0.1, 0.15) is 5.75 Å². The van der Waals surface area contributed by atoms with Crippen molar-refractivity contribution in [2.45, 2.75) is 19.3 Å². The highest BCUT2D eigenvalue weighted by Gasteiger charge is 2.00. The molecule has 0 heterocycles. The summed E-state index contributed by atoms with van der Waals surface area (Å²) in [4.78, 5) is 11.4. The summed E-state index contributed by atoms with van der Waals surface area (Å²) in [5, 5.41) is 5.92. The first-order valence-electron chi connectivity index (χ1n) is 6.42. The van der Waals surface area contributed by atoms with Gasteiger partial charge in [-0.15, -0.1) is 12.4 Å². The number of rotatable bonds is 9. The monoisotopic (exact) mass is 286 g/mol. The number of ether oxygens (including phenoxy) is 1. The molecule has 0 bridgehead atoms. The maximum Gasteiger partial charge on any atom is 0.220 e. The number of para-hydroxylation sites is 1. The minimum atomic E-state index is 0. The van der Waals surface area contributed by atoms with Gasteiger partial charge in [-0.3, -0.25) is 4.79 Å². The van der Waals surface area contributed by atoms with Crippen LogP contribution in [-0.2, 0) is 4.79 Å². The van der Waals surface area contributed by atoms with Gasteiger partial charge >= 0.3 is 0 Å². The number of benzene rings is 1. The van der Waals surface area contributed by atoms with Crippen LogP contribution in [0.5, 0.6) is 5.75 Å². The highest BCUT2D eigenvalue weighted by atomic mass is 35.5. The number of halogens is 1. The Labute approximate surface area is 121 Å². The summed E-state index contributed by atoms with van der Waals surface area (Å²) in [5.74, 6) is 0.953. The van der Waals surface area contributed by atoms with Crippen LogP contribution in [0.2, 0.25) is 0 Å². The van der Waals surface area contributed by atoms with Crippen LogP contribution in [-0.4, -0.2) is 32.7 Å². The van der Waals surface area contributed by atoms with Crippen molar-refractivity contribution in [3.05, 3.63) is 30.3 Å². The van der Waals surface area contributed by atoms with Crippen molar-refractivity contribution in [1.29, 1.82) is 0 Å². The molecule has 1 aromatic rings. The van der Waals surface area contributed by atoms with Gasteiger partial charge in [-0.1, -0.05) is 18.2 Å². The molecule has 0 saturated heterocycles. The summed E-state index contributed by atoms with van der Waals surface area (Å²) in [6, 6.07) is 9.65. The zero-order chi connectivity index (χ0) is 13.1. The molecule has 0 aromatic heterocycles. The fourth-order valence-corrected chi connectivity index (χ4v) is 1.52. The molecule has 1 amide bonds. The first-order chi connectivity index (χ1) is 8.83. The molecule has 0 fully saturated rings. The number of hydrogen-bond donors (Lipinski definition) is 2. The van der Waals surface area contributed by atoms with Crippen molar-refractivity contribution in [2.75, 3.05) is 26.7 Å². The Morgan fingerprint density at radius 1 is 1.16 bits per heavy atom. The molecule has 108 valence electrons. The SMILES string of the molecule is CNCCCNC(=O)CCCOc1ccccc1.Cl. The third-order valence-corrected chi connectivity index (χ3v) is 2.49. The molecule has 1 rings (SSSR count). The van der Waals surface area contributed by atoms with Crippen molar-refractivity contribution < 1.29 is 9.53 Å². The van der Waals surface area contributed by atoms with E-state index in [0.29, 0.717) is 13.0 Å². The predicted octanol–water partition coefficient (Wildman–Crippen LogP) is 1.99. The first kappa shape index (κ1) is 17.7. The molecule has 0 unspecified atom stereocenters. The van der Waals surface area contributed by atoms with Crippen molar-refractivity contribution in [3.8, 4) is 5.75 Å². The van der Waals surface area contributed by atoms with Gasteiger partial charge in [0.15, 0.2) is 0 Å². The summed E-state index contributed by atoms with van der Waals surface area (Å²) in [7, 11) is 1.91.